The Labute approximate surface area is 730 Å². The van der Waals surface area contributed by atoms with Crippen molar-refractivity contribution in [3.05, 3.63) is 102 Å². The lowest BCUT2D eigenvalue weighted by Gasteiger charge is -2.36. The summed E-state index contributed by atoms with van der Waals surface area (Å²) in [7, 11) is 5.67. The average Bonchev–Trinajstić information content (AvgIpc) is 1.72. The number of aliphatic carboxylic acids is 1. The number of nitrogens with zero attached hydrogens (tertiary/aromatic N) is 2. The van der Waals surface area contributed by atoms with Crippen molar-refractivity contribution in [2.24, 2.45) is 46.6 Å². The molecule has 1 fully saturated rings. The summed E-state index contributed by atoms with van der Waals surface area (Å²) in [6.07, 6.45) is -2.33. The van der Waals surface area contributed by atoms with E-state index in [1.54, 1.807) is 85.7 Å². The summed E-state index contributed by atoms with van der Waals surface area (Å²) in [6.45, 7) is 14.7. The standard InChI is InChI=1S/C86H134N20O19/c1-13-51(8)71(103-81(121)65-30-23-41-105(65)85(125)70(50(6)7)102-82(122)66(106(10,11)12)46-54-26-18-15-19-27-54)83(123)101-64(44-53-24-16-14-17-25-53)80(120)104-72(52(9)107)84(124)100-63(45-55-31-33-56(108)34-32-55)74(114)93-47-68(110)94-59(36-38-69(111)112)76(116)99-62(43-49(4)5)79(119)97-60(35-37-67(88)109)77(117)96-58(29-22-40-92-86(90)91)75(115)98-61(42-48(2)3)78(118)95-57(73(89)113)28-20-21-39-87/h14-19,24-27,31-34,48-52,57-66,70-72,107H,13,20-23,28-30,35-47,87H2,1-12H3,(H21-,88,89,90,91,92,93,94,95,96,97,98,99,100,101,102,103,104,108,109,110,111,112,113,114,115,116,117,118,119,120,121,122,123,124)/p+1/t51-,52+,57-,58-,59-,60-,61+,62-,63-,64-,65-,66-,70-,71-,72-/m0/s1. The molecule has 4 rings (SSSR count). The number of benzene rings is 3. The van der Waals surface area contributed by atoms with Crippen molar-refractivity contribution in [3.63, 3.8) is 0 Å². The molecule has 0 aliphatic carbocycles. The Hall–Kier alpha value is -11.9. The first-order chi connectivity index (χ1) is 58.8. The number of carboxylic acids is 1. The molecule has 15 atom stereocenters. The molecule has 0 bridgehead atoms. The highest BCUT2D eigenvalue weighted by Gasteiger charge is 2.44. The van der Waals surface area contributed by atoms with Crippen LogP contribution in [0, 0.1) is 29.1 Å². The number of aliphatic hydroxyl groups is 1. The van der Waals surface area contributed by atoms with Gasteiger partial charge in [-0.1, -0.05) is 135 Å². The van der Waals surface area contributed by atoms with Crippen LogP contribution in [0.15, 0.2) is 84.9 Å². The van der Waals surface area contributed by atoms with Crippen LogP contribution in [0.3, 0.4) is 0 Å². The number of likely N-dealkylation sites (N-methyl/N-ethyl adjacent to an activating group) is 1. The highest BCUT2D eigenvalue weighted by molar-refractivity contribution is 6.00. The average molecular weight is 1750 g/mol. The number of rotatable bonds is 55. The number of nitrogens with one attached hydrogen (secondary N) is 14. The summed E-state index contributed by atoms with van der Waals surface area (Å²) in [5.41, 5.74) is 24.0. The number of nitrogens with two attached hydrogens (primary N) is 4. The van der Waals surface area contributed by atoms with E-state index < -0.39 is 229 Å². The number of aromatic hydroxyl groups is 1. The molecule has 3 aromatic carbocycles. The van der Waals surface area contributed by atoms with Gasteiger partial charge in [0.15, 0.2) is 12.0 Å². The van der Waals surface area contributed by atoms with E-state index in [2.05, 4.69) is 69.1 Å². The second-order valence-electron chi connectivity index (χ2n) is 34.0. The number of carbonyl (C=O) groups is 16. The monoisotopic (exact) mass is 1750 g/mol. The van der Waals surface area contributed by atoms with E-state index in [9.17, 15) is 92.0 Å². The highest BCUT2D eigenvalue weighted by atomic mass is 16.4. The molecule has 39 heteroatoms. The van der Waals surface area contributed by atoms with Crippen LogP contribution >= 0.6 is 0 Å². The first-order valence-electron chi connectivity index (χ1n) is 42.7. The van der Waals surface area contributed by atoms with Crippen molar-refractivity contribution in [2.75, 3.05) is 47.3 Å². The number of amides is 15. The van der Waals surface area contributed by atoms with Crippen molar-refractivity contribution in [1.82, 2.24) is 74.0 Å². The van der Waals surface area contributed by atoms with E-state index in [1.165, 1.54) is 29.2 Å². The normalized spacial score (nSPS) is 16.0. The maximum absolute atomic E-state index is 14.8. The van der Waals surface area contributed by atoms with Gasteiger partial charge >= 0.3 is 5.97 Å². The lowest BCUT2D eigenvalue weighted by atomic mass is 9.96. The number of quaternary nitrogens is 1. The maximum Gasteiger partial charge on any atom is 0.303 e. The molecule has 3 aromatic rings. The number of unbranched alkanes of at least 4 members (excludes halogenated alkanes) is 1. The zero-order valence-corrected chi connectivity index (χ0v) is 73.9. The Morgan fingerprint density at radius 2 is 0.936 bits per heavy atom. The third-order valence-corrected chi connectivity index (χ3v) is 21.3. The SMILES string of the molecule is CC[C@H](C)[C@H](NC(=O)[C@@H]1CCCN1C(=O)[C@@H](NC(=O)[C@H](Cc1ccccc1)[N+](C)(C)C)C(C)C)C(=O)N[C@@H](Cc1ccccc1)C(=O)N[C@H](C(=O)N[C@@H](Cc1ccc(O)cc1)C(=O)NCC(=O)N[C@@H](CCC(=O)O)C(=O)N[C@@H](CC(C)C)C(=O)N[C@@H](CCC(N)=O)C(=O)N[C@@H](CCCNC(=N)N)C(=O)N[C@H](CC(C)C)C(=O)N[C@@H](CCCCN)C(N)=O)[C@@H](C)O. The molecule has 0 unspecified atom stereocenters. The Morgan fingerprint density at radius 3 is 1.42 bits per heavy atom. The predicted molar refractivity (Wildman–Crippen MR) is 464 cm³/mol. The van der Waals surface area contributed by atoms with Crippen LogP contribution in [-0.2, 0) is 96.0 Å². The number of carboxylic acid groups (broad SMARTS) is 1. The van der Waals surface area contributed by atoms with Crippen LogP contribution in [0.25, 0.3) is 0 Å². The van der Waals surface area contributed by atoms with Crippen LogP contribution in [-0.4, -0.2) is 257 Å². The van der Waals surface area contributed by atoms with E-state index in [4.69, 9.17) is 28.3 Å². The van der Waals surface area contributed by atoms with Gasteiger partial charge in [-0.2, -0.15) is 0 Å². The van der Waals surface area contributed by atoms with Gasteiger partial charge in [0.25, 0.3) is 5.91 Å². The van der Waals surface area contributed by atoms with Gasteiger partial charge < -0.3 is 117 Å². The molecule has 0 saturated carbocycles. The molecule has 1 saturated heterocycles. The van der Waals surface area contributed by atoms with Gasteiger partial charge in [0.2, 0.25) is 82.7 Å². The zero-order valence-electron chi connectivity index (χ0n) is 73.9. The topological polar surface area (TPSA) is 621 Å². The Morgan fingerprint density at radius 1 is 0.488 bits per heavy atom. The molecule has 692 valence electrons. The predicted octanol–water partition coefficient (Wildman–Crippen LogP) is -1.88. The van der Waals surface area contributed by atoms with Gasteiger partial charge in [-0.3, -0.25) is 82.1 Å². The van der Waals surface area contributed by atoms with Crippen molar-refractivity contribution in [3.8, 4) is 5.75 Å². The van der Waals surface area contributed by atoms with Gasteiger partial charge in [-0.05, 0) is 137 Å². The summed E-state index contributed by atoms with van der Waals surface area (Å²) < 4.78 is 0.252. The molecule has 0 radical (unpaired) electrons. The maximum atomic E-state index is 14.8. The molecule has 1 aliphatic heterocycles. The largest absolute Gasteiger partial charge is 0.508 e. The molecule has 25 N–H and O–H groups in total. The van der Waals surface area contributed by atoms with Crippen LogP contribution in [0.4, 0.5) is 0 Å². The fraction of sp³-hybridized carbons (Fsp3) is 0.593. The fourth-order valence-corrected chi connectivity index (χ4v) is 14.0. The fourth-order valence-electron chi connectivity index (χ4n) is 14.0. The van der Waals surface area contributed by atoms with Crippen molar-refractivity contribution >= 4 is 101 Å². The lowest BCUT2D eigenvalue weighted by molar-refractivity contribution is -0.886. The van der Waals surface area contributed by atoms with Gasteiger partial charge in [0.05, 0.1) is 33.8 Å². The van der Waals surface area contributed by atoms with Crippen molar-refractivity contribution in [2.45, 2.75) is 256 Å². The first-order valence-corrected chi connectivity index (χ1v) is 42.7. The summed E-state index contributed by atoms with van der Waals surface area (Å²) in [6, 6.07) is 5.38. The molecule has 1 aliphatic rings. The quantitative estimate of drug-likeness (QED) is 0.0127. The number of likely N-dealkylation sites (tertiary alicyclic amines) is 1. The highest BCUT2D eigenvalue weighted by Crippen LogP contribution is 2.24. The minimum Gasteiger partial charge on any atom is -0.508 e. The number of guanidine groups is 1. The molecule has 0 aromatic heterocycles. The summed E-state index contributed by atoms with van der Waals surface area (Å²) >= 11 is 0. The Kier molecular flexibility index (Phi) is 44.5. The first kappa shape index (κ1) is 105. The van der Waals surface area contributed by atoms with E-state index in [0.717, 1.165) is 12.5 Å². The second-order valence-corrected chi connectivity index (χ2v) is 34.0. The minimum atomic E-state index is -1.88. The lowest BCUT2D eigenvalue weighted by Crippen LogP contribution is -2.63. The third kappa shape index (κ3) is 37.2. The summed E-state index contributed by atoms with van der Waals surface area (Å²) in [4.78, 5) is 226. The number of primary amides is 2. The number of aliphatic hydroxyl groups excluding tert-OH is 1. The van der Waals surface area contributed by atoms with E-state index in [-0.39, 0.29) is 86.5 Å². The number of phenolic OH excluding ortho intramolecular Hbond substituents is 1. The molecule has 0 spiro atoms. The number of carbonyl (C=O) groups excluding carboxylic acids is 15. The van der Waals surface area contributed by atoms with Crippen LogP contribution in [0.1, 0.15) is 169 Å². The molecule has 1 heterocycles. The van der Waals surface area contributed by atoms with Gasteiger partial charge in [0.1, 0.15) is 78.3 Å². The number of hydrogen-bond donors (Lipinski definition) is 21. The zero-order chi connectivity index (χ0) is 93.5. The molecular weight excluding hydrogens is 1620 g/mol. The minimum absolute atomic E-state index is 0.0289. The summed E-state index contributed by atoms with van der Waals surface area (Å²) in [5, 5.41) is 72.7. The van der Waals surface area contributed by atoms with Crippen molar-refractivity contribution < 1.29 is 96.5 Å². The van der Waals surface area contributed by atoms with E-state index in [0.29, 0.717) is 49.8 Å². The Balaban J connectivity index is 1.59. The van der Waals surface area contributed by atoms with Gasteiger partial charge in [-0.15, -0.1) is 0 Å². The van der Waals surface area contributed by atoms with Crippen LogP contribution in [0.2, 0.25) is 0 Å². The van der Waals surface area contributed by atoms with E-state index in [1.807, 2.05) is 51.5 Å². The van der Waals surface area contributed by atoms with Gasteiger partial charge in [-0.25, -0.2) is 0 Å². The number of phenols is 1. The smallest absolute Gasteiger partial charge is 0.303 e. The van der Waals surface area contributed by atoms with Crippen molar-refractivity contribution in [1.29, 1.82) is 5.41 Å². The Bertz CT molecular complexity index is 4110. The summed E-state index contributed by atoms with van der Waals surface area (Å²) in [5.74, 6) is -16.9. The molecule has 15 amide bonds. The number of hydrogen-bond acceptors (Lipinski definition) is 20. The molecule has 125 heavy (non-hydrogen) atoms. The molecule has 39 nitrogen and oxygen atoms in total. The van der Waals surface area contributed by atoms with E-state index >= 15 is 0 Å². The van der Waals surface area contributed by atoms with Crippen LogP contribution < -0.4 is 92.1 Å². The van der Waals surface area contributed by atoms with Gasteiger partial charge in [0, 0.05) is 45.2 Å². The second kappa shape index (κ2) is 52.7. The molecular formula is C86H135N20O19+. The third-order valence-electron chi connectivity index (χ3n) is 21.3. The van der Waals surface area contributed by atoms with Crippen LogP contribution in [0.5, 0.6) is 5.75 Å².